The Morgan fingerprint density at radius 2 is 1.93 bits per heavy atom. The number of piperidine rings is 3. The van der Waals surface area contributed by atoms with Gasteiger partial charge in [0.1, 0.15) is 6.04 Å². The Morgan fingerprint density at radius 3 is 2.73 bits per heavy atom. The number of fused-ring (bicyclic) bond motifs is 1. The van der Waals surface area contributed by atoms with Gasteiger partial charge in [0.25, 0.3) is 5.91 Å². The highest BCUT2D eigenvalue weighted by Gasteiger charge is 2.40. The number of imide groups is 1. The Balaban J connectivity index is 1.33. The minimum atomic E-state index is -0.552. The lowest BCUT2D eigenvalue weighted by Gasteiger charge is -2.45. The molecule has 30 heavy (non-hydrogen) atoms. The third-order valence-electron chi connectivity index (χ3n) is 7.48. The van der Waals surface area contributed by atoms with Crippen molar-refractivity contribution in [3.63, 3.8) is 0 Å². The molecule has 1 unspecified atom stereocenters. The zero-order valence-corrected chi connectivity index (χ0v) is 17.4. The van der Waals surface area contributed by atoms with Gasteiger partial charge in [-0.25, -0.2) is 0 Å². The molecule has 160 valence electrons. The summed E-state index contributed by atoms with van der Waals surface area (Å²) in [6, 6.07) is 5.41. The Kier molecular flexibility index (Phi) is 5.11. The fourth-order valence-electron chi connectivity index (χ4n) is 5.85. The van der Waals surface area contributed by atoms with Crippen LogP contribution in [0, 0.1) is 5.41 Å². The molecule has 3 fully saturated rings. The molecule has 0 radical (unpaired) electrons. The van der Waals surface area contributed by atoms with Crippen molar-refractivity contribution in [2.75, 3.05) is 26.2 Å². The van der Waals surface area contributed by atoms with Crippen LogP contribution in [0.25, 0.3) is 0 Å². The van der Waals surface area contributed by atoms with Gasteiger partial charge < -0.3 is 10.2 Å². The standard InChI is InChI=1S/C23H30N4O3/c28-20-6-5-19(21(29)25-20)27-14-18-16(3-1-4-17(18)22(27)30)13-26-12-2-7-23(15-26)8-10-24-11-9-23/h1,3-4,19,24H,2,5-15H2,(H,25,28,29). The van der Waals surface area contributed by atoms with E-state index in [2.05, 4.69) is 21.6 Å². The second-order valence-corrected chi connectivity index (χ2v) is 9.41. The van der Waals surface area contributed by atoms with Gasteiger partial charge in [-0.3, -0.25) is 24.6 Å². The summed E-state index contributed by atoms with van der Waals surface area (Å²) in [5, 5.41) is 5.87. The van der Waals surface area contributed by atoms with Gasteiger partial charge in [0.05, 0.1) is 0 Å². The molecule has 7 heteroatoms. The van der Waals surface area contributed by atoms with Gasteiger partial charge in [0.15, 0.2) is 0 Å². The predicted molar refractivity (Wildman–Crippen MR) is 112 cm³/mol. The van der Waals surface area contributed by atoms with Gasteiger partial charge in [-0.1, -0.05) is 12.1 Å². The zero-order chi connectivity index (χ0) is 20.7. The minimum absolute atomic E-state index is 0.0881. The summed E-state index contributed by atoms with van der Waals surface area (Å²) in [7, 11) is 0. The second kappa shape index (κ2) is 7.78. The van der Waals surface area contributed by atoms with Gasteiger partial charge in [-0.05, 0) is 74.3 Å². The molecule has 0 bridgehead atoms. The number of carbonyl (C=O) groups excluding carboxylic acids is 3. The minimum Gasteiger partial charge on any atom is -0.322 e. The Bertz CT molecular complexity index is 872. The highest BCUT2D eigenvalue weighted by atomic mass is 16.2. The van der Waals surface area contributed by atoms with Crippen LogP contribution in [0.5, 0.6) is 0 Å². The molecular weight excluding hydrogens is 380 g/mol. The van der Waals surface area contributed by atoms with Crippen LogP contribution in [0.1, 0.15) is 60.0 Å². The molecule has 2 N–H and O–H groups in total. The van der Waals surface area contributed by atoms with Crippen LogP contribution in [0.15, 0.2) is 18.2 Å². The molecule has 7 nitrogen and oxygen atoms in total. The van der Waals surface area contributed by atoms with Gasteiger partial charge in [0.2, 0.25) is 11.8 Å². The monoisotopic (exact) mass is 410 g/mol. The molecule has 0 aromatic heterocycles. The summed E-state index contributed by atoms with van der Waals surface area (Å²) in [4.78, 5) is 41.1. The zero-order valence-electron chi connectivity index (χ0n) is 17.4. The van der Waals surface area contributed by atoms with Crippen molar-refractivity contribution in [1.29, 1.82) is 0 Å². The maximum atomic E-state index is 13.1. The van der Waals surface area contributed by atoms with Gasteiger partial charge in [-0.2, -0.15) is 0 Å². The maximum Gasteiger partial charge on any atom is 0.255 e. The van der Waals surface area contributed by atoms with Crippen LogP contribution in [-0.2, 0) is 22.7 Å². The number of rotatable bonds is 3. The third-order valence-corrected chi connectivity index (χ3v) is 7.48. The van der Waals surface area contributed by atoms with Gasteiger partial charge in [0, 0.05) is 31.6 Å². The van der Waals surface area contributed by atoms with E-state index in [9.17, 15) is 14.4 Å². The molecular formula is C23H30N4O3. The van der Waals surface area contributed by atoms with Crippen molar-refractivity contribution < 1.29 is 14.4 Å². The summed E-state index contributed by atoms with van der Waals surface area (Å²) in [5.41, 5.74) is 3.40. The molecule has 3 amide bonds. The van der Waals surface area contributed by atoms with E-state index in [1.807, 2.05) is 12.1 Å². The molecule has 4 aliphatic rings. The largest absolute Gasteiger partial charge is 0.322 e. The van der Waals surface area contributed by atoms with E-state index in [1.54, 1.807) is 4.90 Å². The fourth-order valence-corrected chi connectivity index (χ4v) is 5.85. The Morgan fingerprint density at radius 1 is 1.10 bits per heavy atom. The Labute approximate surface area is 177 Å². The van der Waals surface area contributed by atoms with Crippen LogP contribution in [0.2, 0.25) is 0 Å². The SMILES string of the molecule is O=C1CCC(N2Cc3c(CN4CCCC5(CCNCC5)C4)cccc3C2=O)C(=O)N1. The van der Waals surface area contributed by atoms with Crippen molar-refractivity contribution in [3.8, 4) is 0 Å². The lowest BCUT2D eigenvalue weighted by Crippen LogP contribution is -2.52. The quantitative estimate of drug-likeness (QED) is 0.737. The van der Waals surface area contributed by atoms with Gasteiger partial charge in [-0.15, -0.1) is 0 Å². The number of nitrogens with one attached hydrogen (secondary N) is 2. The van der Waals surface area contributed by atoms with E-state index in [-0.39, 0.29) is 24.1 Å². The fraction of sp³-hybridized carbons (Fsp3) is 0.609. The first-order valence-corrected chi connectivity index (χ1v) is 11.2. The maximum absolute atomic E-state index is 13.1. The Hall–Kier alpha value is -2.25. The average Bonchev–Trinajstić information content (AvgIpc) is 3.06. The molecule has 1 spiro atoms. The van der Waals surface area contributed by atoms with E-state index in [4.69, 9.17) is 0 Å². The van der Waals surface area contributed by atoms with E-state index in [0.29, 0.717) is 23.9 Å². The number of benzene rings is 1. The highest BCUT2D eigenvalue weighted by Crippen LogP contribution is 2.39. The average molecular weight is 411 g/mol. The molecule has 5 rings (SSSR count). The highest BCUT2D eigenvalue weighted by molar-refractivity contribution is 6.05. The van der Waals surface area contributed by atoms with Crippen LogP contribution in [0.3, 0.4) is 0 Å². The third kappa shape index (κ3) is 3.54. The summed E-state index contributed by atoms with van der Waals surface area (Å²) >= 11 is 0. The molecule has 0 saturated carbocycles. The van der Waals surface area contributed by atoms with Crippen molar-refractivity contribution in [2.24, 2.45) is 5.41 Å². The van der Waals surface area contributed by atoms with Crippen LogP contribution >= 0.6 is 0 Å². The van der Waals surface area contributed by atoms with Crippen LogP contribution < -0.4 is 10.6 Å². The van der Waals surface area contributed by atoms with E-state index >= 15 is 0 Å². The summed E-state index contributed by atoms with van der Waals surface area (Å²) < 4.78 is 0. The number of likely N-dealkylation sites (tertiary alicyclic amines) is 1. The van der Waals surface area contributed by atoms with Crippen molar-refractivity contribution in [3.05, 3.63) is 34.9 Å². The molecule has 4 aliphatic heterocycles. The predicted octanol–water partition coefficient (Wildman–Crippen LogP) is 1.41. The number of nitrogens with zero attached hydrogens (tertiary/aromatic N) is 2. The summed E-state index contributed by atoms with van der Waals surface area (Å²) in [6.45, 7) is 5.77. The van der Waals surface area contributed by atoms with Crippen LogP contribution in [0.4, 0.5) is 0 Å². The molecule has 0 aliphatic carbocycles. The first-order valence-electron chi connectivity index (χ1n) is 11.2. The normalized spacial score (nSPS) is 26.7. The van der Waals surface area contributed by atoms with Crippen molar-refractivity contribution in [1.82, 2.24) is 20.4 Å². The number of carbonyl (C=O) groups is 3. The lowest BCUT2D eigenvalue weighted by atomic mass is 9.73. The first kappa shape index (κ1) is 19.7. The number of hydrogen-bond acceptors (Lipinski definition) is 5. The van der Waals surface area contributed by atoms with Crippen molar-refractivity contribution in [2.45, 2.75) is 57.7 Å². The van der Waals surface area contributed by atoms with Gasteiger partial charge >= 0.3 is 0 Å². The molecule has 4 heterocycles. The molecule has 3 saturated heterocycles. The lowest BCUT2D eigenvalue weighted by molar-refractivity contribution is -0.136. The van der Waals surface area contributed by atoms with E-state index in [1.165, 1.54) is 31.2 Å². The van der Waals surface area contributed by atoms with E-state index < -0.39 is 6.04 Å². The van der Waals surface area contributed by atoms with Crippen molar-refractivity contribution >= 4 is 17.7 Å². The molecule has 1 aromatic carbocycles. The summed E-state index contributed by atoms with van der Waals surface area (Å²) in [5.74, 6) is -0.689. The first-order chi connectivity index (χ1) is 14.5. The number of amides is 3. The summed E-state index contributed by atoms with van der Waals surface area (Å²) in [6.07, 6.45) is 5.74. The smallest absolute Gasteiger partial charge is 0.255 e. The van der Waals surface area contributed by atoms with Crippen LogP contribution in [-0.4, -0.2) is 59.7 Å². The molecule has 1 atom stereocenters. The molecule has 1 aromatic rings. The topological polar surface area (TPSA) is 81.8 Å². The number of hydrogen-bond donors (Lipinski definition) is 2. The van der Waals surface area contributed by atoms with E-state index in [0.717, 1.165) is 38.3 Å². The second-order valence-electron chi connectivity index (χ2n) is 9.41.